The Morgan fingerprint density at radius 2 is 1.58 bits per heavy atom. The van der Waals surface area contributed by atoms with Crippen LogP contribution in [0.5, 0.6) is 0 Å². The second-order valence-corrected chi connectivity index (χ2v) is 8.61. The van der Waals surface area contributed by atoms with Crippen LogP contribution in [0.1, 0.15) is 44.8 Å². The van der Waals surface area contributed by atoms with Crippen LogP contribution in [-0.4, -0.2) is 29.2 Å². The van der Waals surface area contributed by atoms with E-state index in [-0.39, 0.29) is 11.8 Å². The Balaban J connectivity index is 1.70. The van der Waals surface area contributed by atoms with Gasteiger partial charge >= 0.3 is 0 Å². The molecule has 4 rings (SSSR count). The third-order valence-corrected chi connectivity index (χ3v) is 6.65. The van der Waals surface area contributed by atoms with Gasteiger partial charge in [0.15, 0.2) is 0 Å². The summed E-state index contributed by atoms with van der Waals surface area (Å²) in [7, 11) is 0. The van der Waals surface area contributed by atoms with Crippen LogP contribution >= 0.6 is 11.3 Å². The van der Waals surface area contributed by atoms with Crippen molar-refractivity contribution in [2.24, 2.45) is 5.73 Å². The van der Waals surface area contributed by atoms with Crippen molar-refractivity contribution in [3.05, 3.63) is 87.8 Å². The van der Waals surface area contributed by atoms with E-state index >= 15 is 0 Å². The largest absolute Gasteiger partial charge is 0.365 e. The average Bonchev–Trinajstić information content (AvgIpc) is 3.12. The molecule has 1 aromatic heterocycles. The summed E-state index contributed by atoms with van der Waals surface area (Å²) in [6.07, 6.45) is 0.542. The molecule has 0 radical (unpaired) electrons. The molecule has 7 heteroatoms. The number of amides is 3. The van der Waals surface area contributed by atoms with Gasteiger partial charge in [-0.05, 0) is 23.1 Å². The predicted molar refractivity (Wildman–Crippen MR) is 121 cm³/mol. The topological polar surface area (TPSA) is 92.5 Å². The van der Waals surface area contributed by atoms with Gasteiger partial charge in [0.05, 0.1) is 18.0 Å². The van der Waals surface area contributed by atoms with E-state index < -0.39 is 11.8 Å². The molecule has 0 unspecified atom stereocenters. The van der Waals surface area contributed by atoms with Crippen LogP contribution < -0.4 is 11.1 Å². The first kappa shape index (κ1) is 20.8. The third-order valence-electron chi connectivity index (χ3n) is 5.51. The molecule has 0 fully saturated rings. The molecule has 0 spiro atoms. The van der Waals surface area contributed by atoms with Crippen molar-refractivity contribution in [1.29, 1.82) is 0 Å². The van der Waals surface area contributed by atoms with E-state index in [9.17, 15) is 14.4 Å². The maximum atomic E-state index is 13.5. The Hall–Kier alpha value is -3.45. The standard InChI is InChI=1S/C24H23N3O3S/c1-15(28)27-13-12-18-19(14-27)31-24(21(18)22(25)29)26-23(30)20(16-8-4-2-5-9-16)17-10-6-3-7-11-17/h2-11,20H,12-14H2,1H3,(H2,25,29)(H,26,30). The van der Waals surface area contributed by atoms with E-state index in [2.05, 4.69) is 5.32 Å². The first-order valence-electron chi connectivity index (χ1n) is 10.1. The highest BCUT2D eigenvalue weighted by molar-refractivity contribution is 7.17. The number of fused-ring (bicyclic) bond motifs is 1. The monoisotopic (exact) mass is 433 g/mol. The number of carbonyl (C=O) groups excluding carboxylic acids is 3. The second-order valence-electron chi connectivity index (χ2n) is 7.51. The van der Waals surface area contributed by atoms with Gasteiger partial charge in [-0.2, -0.15) is 0 Å². The number of benzene rings is 2. The summed E-state index contributed by atoms with van der Waals surface area (Å²) in [6.45, 7) is 2.48. The molecule has 0 atom stereocenters. The van der Waals surface area contributed by atoms with Crippen molar-refractivity contribution in [3.63, 3.8) is 0 Å². The van der Waals surface area contributed by atoms with Crippen molar-refractivity contribution in [3.8, 4) is 0 Å². The van der Waals surface area contributed by atoms with Gasteiger partial charge in [-0.3, -0.25) is 14.4 Å². The van der Waals surface area contributed by atoms with Gasteiger partial charge < -0.3 is 16.0 Å². The van der Waals surface area contributed by atoms with E-state index in [4.69, 9.17) is 5.73 Å². The molecular formula is C24H23N3O3S. The molecule has 3 N–H and O–H groups in total. The second kappa shape index (κ2) is 8.73. The van der Waals surface area contributed by atoms with Crippen molar-refractivity contribution in [1.82, 2.24) is 4.90 Å². The molecule has 6 nitrogen and oxygen atoms in total. The minimum atomic E-state index is -0.569. The molecule has 0 saturated heterocycles. The van der Waals surface area contributed by atoms with Crippen LogP contribution in [0.3, 0.4) is 0 Å². The minimum Gasteiger partial charge on any atom is -0.365 e. The van der Waals surface area contributed by atoms with Crippen molar-refractivity contribution < 1.29 is 14.4 Å². The number of nitrogens with zero attached hydrogens (tertiary/aromatic N) is 1. The van der Waals surface area contributed by atoms with Crippen LogP contribution in [0, 0.1) is 0 Å². The van der Waals surface area contributed by atoms with E-state index in [0.29, 0.717) is 30.1 Å². The number of nitrogens with one attached hydrogen (secondary N) is 1. The fraction of sp³-hybridized carbons (Fsp3) is 0.208. The molecule has 0 aliphatic carbocycles. The minimum absolute atomic E-state index is 0.0153. The van der Waals surface area contributed by atoms with Crippen LogP contribution in [-0.2, 0) is 22.6 Å². The van der Waals surface area contributed by atoms with Gasteiger partial charge in [0.1, 0.15) is 5.00 Å². The zero-order chi connectivity index (χ0) is 22.0. The SMILES string of the molecule is CC(=O)N1CCc2c(sc(NC(=O)C(c3ccccc3)c3ccccc3)c2C(N)=O)C1. The van der Waals surface area contributed by atoms with E-state index in [1.54, 1.807) is 4.90 Å². The Bertz CT molecular complexity index is 1090. The number of carbonyl (C=O) groups is 3. The van der Waals surface area contributed by atoms with Crippen molar-refractivity contribution in [2.75, 3.05) is 11.9 Å². The van der Waals surface area contributed by atoms with E-state index in [1.165, 1.54) is 18.3 Å². The summed E-state index contributed by atoms with van der Waals surface area (Å²) in [5.41, 5.74) is 8.59. The van der Waals surface area contributed by atoms with Gasteiger partial charge in [-0.1, -0.05) is 60.7 Å². The van der Waals surface area contributed by atoms with Crippen LogP contribution in [0.25, 0.3) is 0 Å². The lowest BCUT2D eigenvalue weighted by Crippen LogP contribution is -2.34. The van der Waals surface area contributed by atoms with Gasteiger partial charge in [-0.25, -0.2) is 0 Å². The van der Waals surface area contributed by atoms with Gasteiger partial charge in [0, 0.05) is 18.3 Å². The summed E-state index contributed by atoms with van der Waals surface area (Å²) in [5.74, 6) is -1.35. The molecule has 1 aliphatic rings. The lowest BCUT2D eigenvalue weighted by molar-refractivity contribution is -0.129. The third kappa shape index (κ3) is 4.22. The highest BCUT2D eigenvalue weighted by atomic mass is 32.1. The first-order valence-corrected chi connectivity index (χ1v) is 10.9. The van der Waals surface area contributed by atoms with E-state index in [1.807, 2.05) is 60.7 Å². The normalized spacial score (nSPS) is 13.0. The number of anilines is 1. The molecule has 158 valence electrons. The summed E-state index contributed by atoms with van der Waals surface area (Å²) < 4.78 is 0. The van der Waals surface area contributed by atoms with Gasteiger partial charge in [0.2, 0.25) is 11.8 Å². The number of rotatable bonds is 5. The molecular weight excluding hydrogens is 410 g/mol. The number of nitrogens with two attached hydrogens (primary N) is 1. The molecule has 31 heavy (non-hydrogen) atoms. The molecule has 1 aliphatic heterocycles. The summed E-state index contributed by atoms with van der Waals surface area (Å²) in [5, 5.41) is 3.41. The molecule has 0 saturated carbocycles. The molecule has 3 amide bonds. The summed E-state index contributed by atoms with van der Waals surface area (Å²) >= 11 is 1.32. The van der Waals surface area contributed by atoms with Crippen LogP contribution in [0.4, 0.5) is 5.00 Å². The van der Waals surface area contributed by atoms with Gasteiger partial charge in [0.25, 0.3) is 5.91 Å². The zero-order valence-corrected chi connectivity index (χ0v) is 17.9. The molecule has 2 heterocycles. The number of hydrogen-bond donors (Lipinski definition) is 2. The van der Waals surface area contributed by atoms with Crippen LogP contribution in [0.15, 0.2) is 60.7 Å². The van der Waals surface area contributed by atoms with Crippen LogP contribution in [0.2, 0.25) is 0 Å². The van der Waals surface area contributed by atoms with Crippen molar-refractivity contribution >= 4 is 34.1 Å². The molecule has 2 aromatic carbocycles. The maximum absolute atomic E-state index is 13.5. The average molecular weight is 434 g/mol. The number of hydrogen-bond acceptors (Lipinski definition) is 4. The Labute approximate surface area is 184 Å². The quantitative estimate of drug-likeness (QED) is 0.645. The number of thiophene rings is 1. The summed E-state index contributed by atoms with van der Waals surface area (Å²) in [6, 6.07) is 19.0. The highest BCUT2D eigenvalue weighted by Crippen LogP contribution is 2.38. The molecule has 0 bridgehead atoms. The Morgan fingerprint density at radius 3 is 2.10 bits per heavy atom. The lowest BCUT2D eigenvalue weighted by Gasteiger charge is -2.25. The zero-order valence-electron chi connectivity index (χ0n) is 17.1. The molecule has 3 aromatic rings. The fourth-order valence-electron chi connectivity index (χ4n) is 3.99. The smallest absolute Gasteiger partial charge is 0.251 e. The fourth-order valence-corrected chi connectivity index (χ4v) is 5.26. The first-order chi connectivity index (χ1) is 15.0. The Kier molecular flexibility index (Phi) is 5.86. The van der Waals surface area contributed by atoms with Crippen molar-refractivity contribution in [2.45, 2.75) is 25.8 Å². The number of primary amides is 1. The van der Waals surface area contributed by atoms with E-state index in [0.717, 1.165) is 21.6 Å². The summed E-state index contributed by atoms with van der Waals surface area (Å²) in [4.78, 5) is 40.1. The maximum Gasteiger partial charge on any atom is 0.251 e. The lowest BCUT2D eigenvalue weighted by atomic mass is 9.90. The highest BCUT2D eigenvalue weighted by Gasteiger charge is 2.30. The van der Waals surface area contributed by atoms with Gasteiger partial charge in [-0.15, -0.1) is 11.3 Å². The Morgan fingerprint density at radius 1 is 1.00 bits per heavy atom. The predicted octanol–water partition coefficient (Wildman–Crippen LogP) is 3.52.